The van der Waals surface area contributed by atoms with Gasteiger partial charge in [-0.15, -0.1) is 0 Å². The van der Waals surface area contributed by atoms with E-state index in [0.717, 1.165) is 5.56 Å². The molecule has 0 saturated carbocycles. The molecule has 7 nitrogen and oxygen atoms in total. The van der Waals surface area contributed by atoms with Crippen LogP contribution in [0.4, 0.5) is 0 Å². The van der Waals surface area contributed by atoms with Crippen LogP contribution in [0.3, 0.4) is 0 Å². The van der Waals surface area contributed by atoms with Crippen LogP contribution in [0.2, 0.25) is 0 Å². The summed E-state index contributed by atoms with van der Waals surface area (Å²) >= 11 is 0. The number of nitrogens with one attached hydrogen (secondary N) is 3. The minimum absolute atomic E-state index is 0.136. The molecule has 159 valence electrons. The lowest BCUT2D eigenvalue weighted by Crippen LogP contribution is -2.56. The van der Waals surface area contributed by atoms with Crippen LogP contribution in [0.5, 0.6) is 0 Å². The van der Waals surface area contributed by atoms with Crippen molar-refractivity contribution in [3.8, 4) is 0 Å². The van der Waals surface area contributed by atoms with Crippen molar-refractivity contribution in [2.75, 3.05) is 0 Å². The fourth-order valence-corrected chi connectivity index (χ4v) is 2.96. The largest absolute Gasteiger partial charge is 0.344 e. The topological polar surface area (TPSA) is 104 Å². The van der Waals surface area contributed by atoms with Crippen molar-refractivity contribution in [2.45, 2.75) is 65.6 Å². The van der Waals surface area contributed by atoms with Crippen LogP contribution < -0.4 is 16.0 Å². The zero-order valence-electron chi connectivity index (χ0n) is 17.8. The summed E-state index contributed by atoms with van der Waals surface area (Å²) in [7, 11) is 0. The van der Waals surface area contributed by atoms with E-state index in [9.17, 15) is 19.2 Å². The van der Waals surface area contributed by atoms with Gasteiger partial charge in [0.25, 0.3) is 0 Å². The Bertz CT molecular complexity index is 689. The second-order valence-electron chi connectivity index (χ2n) is 7.98. The molecule has 7 heteroatoms. The van der Waals surface area contributed by atoms with Crippen LogP contribution in [-0.2, 0) is 25.6 Å². The third-order valence-corrected chi connectivity index (χ3v) is 4.39. The lowest BCUT2D eigenvalue weighted by Gasteiger charge is -2.26. The second-order valence-corrected chi connectivity index (χ2v) is 7.98. The van der Waals surface area contributed by atoms with Crippen LogP contribution in [0, 0.1) is 11.8 Å². The number of rotatable bonds is 11. The Kier molecular flexibility index (Phi) is 10.1. The molecular weight excluding hydrogens is 370 g/mol. The van der Waals surface area contributed by atoms with Gasteiger partial charge >= 0.3 is 0 Å². The minimum atomic E-state index is -0.816. The van der Waals surface area contributed by atoms with Gasteiger partial charge in [-0.25, -0.2) is 0 Å². The second kappa shape index (κ2) is 12.0. The van der Waals surface area contributed by atoms with Gasteiger partial charge in [0.15, 0.2) is 0 Å². The quantitative estimate of drug-likeness (QED) is 0.522. The van der Waals surface area contributed by atoms with Gasteiger partial charge in [0, 0.05) is 13.3 Å². The van der Waals surface area contributed by atoms with Gasteiger partial charge < -0.3 is 16.0 Å². The van der Waals surface area contributed by atoms with Gasteiger partial charge in [0.05, 0.1) is 6.04 Å². The maximum absolute atomic E-state index is 12.8. The van der Waals surface area contributed by atoms with Crippen LogP contribution in [0.15, 0.2) is 30.3 Å². The number of amides is 3. The van der Waals surface area contributed by atoms with Crippen molar-refractivity contribution >= 4 is 24.0 Å². The van der Waals surface area contributed by atoms with E-state index >= 15 is 0 Å². The van der Waals surface area contributed by atoms with Crippen molar-refractivity contribution < 1.29 is 19.2 Å². The molecule has 3 atom stereocenters. The summed E-state index contributed by atoms with van der Waals surface area (Å²) in [5.41, 5.74) is 0.899. The average Bonchev–Trinajstić information content (AvgIpc) is 2.64. The smallest absolute Gasteiger partial charge is 0.243 e. The van der Waals surface area contributed by atoms with Crippen molar-refractivity contribution in [1.29, 1.82) is 0 Å². The summed E-state index contributed by atoms with van der Waals surface area (Å²) in [5, 5.41) is 8.02. The average molecular weight is 403 g/mol. The molecule has 1 radical (unpaired) electrons. The Hall–Kier alpha value is -2.70. The highest BCUT2D eigenvalue weighted by Crippen LogP contribution is 2.09. The van der Waals surface area contributed by atoms with Crippen LogP contribution >= 0.6 is 0 Å². The first-order chi connectivity index (χ1) is 13.6. The molecule has 0 bridgehead atoms. The highest BCUT2D eigenvalue weighted by Gasteiger charge is 2.29. The van der Waals surface area contributed by atoms with E-state index in [1.807, 2.05) is 64.3 Å². The first-order valence-electron chi connectivity index (χ1n) is 9.93. The van der Waals surface area contributed by atoms with Crippen LogP contribution in [0.1, 0.15) is 46.6 Å². The Morgan fingerprint density at radius 1 is 0.931 bits per heavy atom. The molecule has 0 aliphatic rings. The lowest BCUT2D eigenvalue weighted by atomic mass is 9.99. The van der Waals surface area contributed by atoms with Gasteiger partial charge in [-0.2, -0.15) is 0 Å². The summed E-state index contributed by atoms with van der Waals surface area (Å²) in [6.07, 6.45) is 2.58. The standard InChI is InChI=1S/C22H32N3O4/c1-14(2)11-19(25-22(29)20(15(3)4)23-16(5)27)21(28)24-18(13-26)12-17-9-7-6-8-10-17/h6-10,14-15,18-20H,11-12H2,1-5H3,(H,23,27)(H,24,28)(H,25,29)/t18-,19-,20-/m0/s1. The minimum Gasteiger partial charge on any atom is -0.344 e. The summed E-state index contributed by atoms with van der Waals surface area (Å²) in [6.45, 7) is 8.85. The normalized spacial score (nSPS) is 14.0. The van der Waals surface area contributed by atoms with Gasteiger partial charge in [0.2, 0.25) is 24.0 Å². The molecule has 0 spiro atoms. The fourth-order valence-electron chi connectivity index (χ4n) is 2.96. The Labute approximate surface area is 173 Å². The van der Waals surface area contributed by atoms with E-state index in [4.69, 9.17) is 0 Å². The molecule has 1 rings (SSSR count). The Balaban J connectivity index is 2.86. The number of benzene rings is 1. The summed E-state index contributed by atoms with van der Waals surface area (Å²) in [5.74, 6) is -1.19. The maximum Gasteiger partial charge on any atom is 0.243 e. The van der Waals surface area contributed by atoms with E-state index < -0.39 is 29.9 Å². The number of carbonyl (C=O) groups is 3. The zero-order valence-corrected chi connectivity index (χ0v) is 17.8. The summed E-state index contributed by atoms with van der Waals surface area (Å²) in [4.78, 5) is 48.2. The third-order valence-electron chi connectivity index (χ3n) is 4.39. The summed E-state index contributed by atoms with van der Waals surface area (Å²) < 4.78 is 0. The van der Waals surface area contributed by atoms with Crippen LogP contribution in [0.25, 0.3) is 0 Å². The lowest BCUT2D eigenvalue weighted by molar-refractivity contribution is -0.133. The molecule has 0 heterocycles. The molecule has 0 fully saturated rings. The van der Waals surface area contributed by atoms with E-state index in [-0.39, 0.29) is 17.7 Å². The van der Waals surface area contributed by atoms with Gasteiger partial charge in [-0.05, 0) is 23.8 Å². The molecule has 0 aliphatic carbocycles. The van der Waals surface area contributed by atoms with Crippen molar-refractivity contribution in [3.05, 3.63) is 35.9 Å². The van der Waals surface area contributed by atoms with Crippen molar-refractivity contribution in [3.63, 3.8) is 0 Å². The molecule has 0 saturated heterocycles. The first-order valence-corrected chi connectivity index (χ1v) is 9.93. The fraction of sp³-hybridized carbons (Fsp3) is 0.545. The van der Waals surface area contributed by atoms with E-state index in [0.29, 0.717) is 12.8 Å². The number of hydrogen-bond acceptors (Lipinski definition) is 4. The van der Waals surface area contributed by atoms with Crippen molar-refractivity contribution in [1.82, 2.24) is 16.0 Å². The highest BCUT2D eigenvalue weighted by atomic mass is 16.2. The monoisotopic (exact) mass is 402 g/mol. The molecule has 0 aromatic heterocycles. The van der Waals surface area contributed by atoms with Crippen LogP contribution in [-0.4, -0.2) is 42.1 Å². The zero-order chi connectivity index (χ0) is 22.0. The molecule has 1 aromatic rings. The molecular formula is C22H32N3O4. The Morgan fingerprint density at radius 3 is 2.03 bits per heavy atom. The molecule has 3 amide bonds. The molecule has 1 aromatic carbocycles. The molecule has 29 heavy (non-hydrogen) atoms. The highest BCUT2D eigenvalue weighted by molar-refractivity contribution is 5.92. The number of carbonyl (C=O) groups excluding carboxylic acids is 4. The number of hydrogen-bond donors (Lipinski definition) is 3. The molecule has 0 unspecified atom stereocenters. The predicted octanol–water partition coefficient (Wildman–Crippen LogP) is 1.52. The van der Waals surface area contributed by atoms with Gasteiger partial charge in [-0.1, -0.05) is 58.0 Å². The SMILES string of the molecule is CC(=O)N[C@H](C(=O)N[C@@H](CC(C)C)C(=O)N[C@H]([C]=O)Cc1ccccc1)C(C)C. The van der Waals surface area contributed by atoms with Gasteiger partial charge in [0.1, 0.15) is 12.1 Å². The third kappa shape index (κ3) is 8.89. The maximum atomic E-state index is 12.8. The summed E-state index contributed by atoms with van der Waals surface area (Å²) in [6, 6.07) is 6.94. The van der Waals surface area contributed by atoms with Gasteiger partial charge in [-0.3, -0.25) is 19.2 Å². The first kappa shape index (κ1) is 24.3. The van der Waals surface area contributed by atoms with Crippen molar-refractivity contribution in [2.24, 2.45) is 11.8 Å². The Morgan fingerprint density at radius 2 is 1.55 bits per heavy atom. The van der Waals surface area contributed by atoms with E-state index in [1.54, 1.807) is 0 Å². The predicted molar refractivity (Wildman–Crippen MR) is 112 cm³/mol. The van der Waals surface area contributed by atoms with E-state index in [2.05, 4.69) is 16.0 Å². The molecule has 0 aliphatic heterocycles. The molecule has 3 N–H and O–H groups in total. The van der Waals surface area contributed by atoms with E-state index in [1.165, 1.54) is 6.92 Å².